The summed E-state index contributed by atoms with van der Waals surface area (Å²) in [5.74, 6) is -0.0175. The number of carbonyl (C=O) groups is 1. The van der Waals surface area contributed by atoms with Gasteiger partial charge in [0.2, 0.25) is 0 Å². The zero-order valence-electron chi connectivity index (χ0n) is 18.4. The summed E-state index contributed by atoms with van der Waals surface area (Å²) in [6.07, 6.45) is -0.895. The number of aromatic nitrogens is 1. The van der Waals surface area contributed by atoms with E-state index in [-0.39, 0.29) is 25.5 Å². The standard InChI is InChI=1S/C27H25ClN2O4/c28-23-14-24-16(9-11-29-24)13-21(23)26(32)25(31)10-12-30-27(33)34-15-22-19-7-3-1-5-17(19)18-6-2-4-8-20(18)22/h1-9,11,13-14,22,25-26,29,31-32H,10,12,15H2,(H,30,33). The van der Waals surface area contributed by atoms with Gasteiger partial charge in [-0.05, 0) is 52.3 Å². The molecule has 174 valence electrons. The summed E-state index contributed by atoms with van der Waals surface area (Å²) in [5, 5.41) is 24.9. The van der Waals surface area contributed by atoms with E-state index in [4.69, 9.17) is 16.3 Å². The lowest BCUT2D eigenvalue weighted by Gasteiger charge is -2.20. The van der Waals surface area contributed by atoms with Crippen molar-refractivity contribution in [1.82, 2.24) is 10.3 Å². The number of alkyl carbamates (subject to hydrolysis) is 1. The summed E-state index contributed by atoms with van der Waals surface area (Å²) < 4.78 is 5.51. The molecule has 3 aromatic carbocycles. The third kappa shape index (κ3) is 4.28. The number of benzene rings is 3. The lowest BCUT2D eigenvalue weighted by molar-refractivity contribution is 0.0138. The van der Waals surface area contributed by atoms with E-state index in [1.54, 1.807) is 18.3 Å². The average Bonchev–Trinajstić information content (AvgIpc) is 3.43. The minimum atomic E-state index is -1.17. The lowest BCUT2D eigenvalue weighted by Crippen LogP contribution is -2.30. The van der Waals surface area contributed by atoms with Gasteiger partial charge < -0.3 is 25.3 Å². The van der Waals surface area contributed by atoms with Crippen molar-refractivity contribution in [3.63, 3.8) is 0 Å². The van der Waals surface area contributed by atoms with E-state index in [2.05, 4.69) is 34.6 Å². The van der Waals surface area contributed by atoms with Crippen molar-refractivity contribution in [2.24, 2.45) is 0 Å². The van der Waals surface area contributed by atoms with Gasteiger partial charge >= 0.3 is 6.09 Å². The molecule has 1 aliphatic carbocycles. The van der Waals surface area contributed by atoms with Crippen LogP contribution in [0.15, 0.2) is 72.9 Å². The van der Waals surface area contributed by atoms with Gasteiger partial charge in [0, 0.05) is 34.8 Å². The summed E-state index contributed by atoms with van der Waals surface area (Å²) >= 11 is 6.28. The Bertz CT molecular complexity index is 1290. The predicted molar refractivity (Wildman–Crippen MR) is 132 cm³/mol. The fourth-order valence-corrected chi connectivity index (χ4v) is 4.93. The smallest absolute Gasteiger partial charge is 0.407 e. The molecular weight excluding hydrogens is 452 g/mol. The highest BCUT2D eigenvalue weighted by Crippen LogP contribution is 2.44. The van der Waals surface area contributed by atoms with Crippen LogP contribution < -0.4 is 5.32 Å². The number of hydrogen-bond donors (Lipinski definition) is 4. The molecule has 0 saturated heterocycles. The molecule has 4 aromatic rings. The van der Waals surface area contributed by atoms with Crippen LogP contribution in [-0.4, -0.2) is 40.5 Å². The first-order valence-electron chi connectivity index (χ1n) is 11.2. The van der Waals surface area contributed by atoms with E-state index in [0.29, 0.717) is 10.6 Å². The van der Waals surface area contributed by atoms with Crippen molar-refractivity contribution in [3.05, 3.63) is 94.6 Å². The van der Waals surface area contributed by atoms with E-state index in [9.17, 15) is 15.0 Å². The van der Waals surface area contributed by atoms with Gasteiger partial charge in [-0.2, -0.15) is 0 Å². The topological polar surface area (TPSA) is 94.6 Å². The normalized spacial score (nSPS) is 14.4. The predicted octanol–water partition coefficient (Wildman–Crippen LogP) is 5.14. The molecular formula is C27H25ClN2O4. The van der Waals surface area contributed by atoms with Crippen LogP contribution >= 0.6 is 11.6 Å². The van der Waals surface area contributed by atoms with Crippen LogP contribution in [0.3, 0.4) is 0 Å². The highest BCUT2D eigenvalue weighted by atomic mass is 35.5. The number of aliphatic hydroxyl groups is 2. The molecule has 2 unspecified atom stereocenters. The highest BCUT2D eigenvalue weighted by molar-refractivity contribution is 6.32. The van der Waals surface area contributed by atoms with Gasteiger partial charge in [0.15, 0.2) is 0 Å². The average molecular weight is 477 g/mol. The van der Waals surface area contributed by atoms with Gasteiger partial charge in [-0.3, -0.25) is 0 Å². The van der Waals surface area contributed by atoms with Crippen LogP contribution in [0, 0.1) is 0 Å². The van der Waals surface area contributed by atoms with Gasteiger partial charge in [-0.1, -0.05) is 60.1 Å². The number of hydrogen-bond acceptors (Lipinski definition) is 4. The molecule has 0 spiro atoms. The Morgan fingerprint density at radius 2 is 1.71 bits per heavy atom. The number of fused-ring (bicyclic) bond motifs is 4. The molecule has 2 atom stereocenters. The zero-order chi connectivity index (χ0) is 23.7. The number of H-pyrrole nitrogens is 1. The van der Waals surface area contributed by atoms with E-state index >= 15 is 0 Å². The van der Waals surface area contributed by atoms with Crippen molar-refractivity contribution >= 4 is 28.6 Å². The van der Waals surface area contributed by atoms with Crippen molar-refractivity contribution in [2.75, 3.05) is 13.2 Å². The molecule has 4 N–H and O–H groups in total. The second-order valence-electron chi connectivity index (χ2n) is 8.49. The van der Waals surface area contributed by atoms with Crippen LogP contribution in [0.1, 0.15) is 35.1 Å². The zero-order valence-corrected chi connectivity index (χ0v) is 19.1. The molecule has 0 radical (unpaired) electrons. The number of nitrogens with one attached hydrogen (secondary N) is 2. The van der Waals surface area contributed by atoms with Gasteiger partial charge in [0.25, 0.3) is 0 Å². The number of aliphatic hydroxyl groups excluding tert-OH is 2. The van der Waals surface area contributed by atoms with E-state index in [0.717, 1.165) is 22.0 Å². The first kappa shape index (κ1) is 22.5. The Morgan fingerprint density at radius 1 is 1.03 bits per heavy atom. The molecule has 1 aliphatic rings. The maximum Gasteiger partial charge on any atom is 0.407 e. The van der Waals surface area contributed by atoms with Crippen molar-refractivity contribution in [3.8, 4) is 11.1 Å². The fraction of sp³-hybridized carbons (Fsp3) is 0.222. The molecule has 0 saturated carbocycles. The summed E-state index contributed by atoms with van der Waals surface area (Å²) in [4.78, 5) is 15.4. The molecule has 6 nitrogen and oxygen atoms in total. The molecule has 1 amide bonds. The molecule has 1 heterocycles. The minimum absolute atomic E-state index is 0.0175. The number of halogens is 1. The maximum atomic E-state index is 12.3. The van der Waals surface area contributed by atoms with Crippen molar-refractivity contribution < 1.29 is 19.7 Å². The molecule has 0 bridgehead atoms. The van der Waals surface area contributed by atoms with Crippen LogP contribution in [0.4, 0.5) is 4.79 Å². The number of rotatable bonds is 7. The quantitative estimate of drug-likeness (QED) is 0.297. The van der Waals surface area contributed by atoms with Crippen LogP contribution in [-0.2, 0) is 4.74 Å². The fourth-order valence-electron chi connectivity index (χ4n) is 4.66. The molecule has 7 heteroatoms. The van der Waals surface area contributed by atoms with Crippen LogP contribution in [0.2, 0.25) is 5.02 Å². The highest BCUT2D eigenvalue weighted by Gasteiger charge is 2.29. The summed E-state index contributed by atoms with van der Waals surface area (Å²) in [5.41, 5.74) is 5.92. The molecule has 0 aliphatic heterocycles. The second-order valence-corrected chi connectivity index (χ2v) is 8.90. The Labute approximate surface area is 202 Å². The summed E-state index contributed by atoms with van der Waals surface area (Å²) in [7, 11) is 0. The number of ether oxygens (including phenoxy) is 1. The monoisotopic (exact) mass is 476 g/mol. The van der Waals surface area contributed by atoms with Gasteiger partial charge in [-0.15, -0.1) is 0 Å². The summed E-state index contributed by atoms with van der Waals surface area (Å²) in [6.45, 7) is 0.371. The van der Waals surface area contributed by atoms with Crippen molar-refractivity contribution in [2.45, 2.75) is 24.5 Å². The lowest BCUT2D eigenvalue weighted by atomic mass is 9.98. The molecule has 0 fully saturated rings. The van der Waals surface area contributed by atoms with Gasteiger partial charge in [0.05, 0.1) is 6.10 Å². The first-order valence-corrected chi connectivity index (χ1v) is 11.6. The molecule has 34 heavy (non-hydrogen) atoms. The number of aromatic amines is 1. The summed E-state index contributed by atoms with van der Waals surface area (Å²) in [6, 6.07) is 21.6. The maximum absolute atomic E-state index is 12.3. The van der Waals surface area contributed by atoms with Crippen molar-refractivity contribution in [1.29, 1.82) is 0 Å². The number of carbonyl (C=O) groups excluding carboxylic acids is 1. The van der Waals surface area contributed by atoms with Crippen LogP contribution in [0.25, 0.3) is 22.0 Å². The Balaban J connectivity index is 1.15. The van der Waals surface area contributed by atoms with E-state index < -0.39 is 18.3 Å². The Hall–Kier alpha value is -3.32. The Morgan fingerprint density at radius 3 is 2.41 bits per heavy atom. The van der Waals surface area contributed by atoms with E-state index in [1.807, 2.05) is 30.3 Å². The van der Waals surface area contributed by atoms with Crippen LogP contribution in [0.5, 0.6) is 0 Å². The number of amides is 1. The molecule has 1 aromatic heterocycles. The van der Waals surface area contributed by atoms with Gasteiger partial charge in [0.1, 0.15) is 12.7 Å². The minimum Gasteiger partial charge on any atom is -0.449 e. The van der Waals surface area contributed by atoms with E-state index in [1.165, 1.54) is 11.1 Å². The first-order chi connectivity index (χ1) is 16.5. The second kappa shape index (κ2) is 9.50. The third-order valence-electron chi connectivity index (χ3n) is 6.41. The molecule has 5 rings (SSSR count). The largest absolute Gasteiger partial charge is 0.449 e. The van der Waals surface area contributed by atoms with Gasteiger partial charge in [-0.25, -0.2) is 4.79 Å². The Kier molecular flexibility index (Phi) is 6.28. The SMILES string of the molecule is O=C(NCCC(O)C(O)c1cc2cc[nH]c2cc1Cl)OCC1c2ccccc2-c2ccccc21. The third-order valence-corrected chi connectivity index (χ3v) is 6.73.